The molecule has 0 aliphatic heterocycles. The number of benzene rings is 2. The summed E-state index contributed by atoms with van der Waals surface area (Å²) in [7, 11) is 1.75. The Kier molecular flexibility index (Phi) is 4.08. The van der Waals surface area contributed by atoms with Crippen LogP contribution in [0.1, 0.15) is 18.6 Å². The summed E-state index contributed by atoms with van der Waals surface area (Å²) in [5.74, 6) is -0.305. The fraction of sp³-hybridized carbons (Fsp3) is 0.200. The smallest absolute Gasteiger partial charge is 0.146 e. The van der Waals surface area contributed by atoms with Crippen LogP contribution in [0.4, 0.5) is 15.8 Å². The van der Waals surface area contributed by atoms with E-state index < -0.39 is 6.10 Å². The Morgan fingerprint density at radius 2 is 1.84 bits per heavy atom. The molecule has 19 heavy (non-hydrogen) atoms. The summed E-state index contributed by atoms with van der Waals surface area (Å²) < 4.78 is 13.7. The van der Waals surface area contributed by atoms with Gasteiger partial charge in [-0.25, -0.2) is 4.39 Å². The SMILES string of the molecule is C[C@H](O)c1ccc(N(C)c2ccccc2F)c(Cl)c1. The van der Waals surface area contributed by atoms with Gasteiger partial charge >= 0.3 is 0 Å². The van der Waals surface area contributed by atoms with Crippen LogP contribution in [-0.4, -0.2) is 12.2 Å². The molecule has 2 nitrogen and oxygen atoms in total. The fourth-order valence-corrected chi connectivity index (χ4v) is 2.22. The van der Waals surface area contributed by atoms with E-state index >= 15 is 0 Å². The lowest BCUT2D eigenvalue weighted by Crippen LogP contribution is -2.11. The third-order valence-corrected chi connectivity index (χ3v) is 3.33. The summed E-state index contributed by atoms with van der Waals surface area (Å²) in [5, 5.41) is 9.98. The van der Waals surface area contributed by atoms with E-state index in [4.69, 9.17) is 11.6 Å². The van der Waals surface area contributed by atoms with Gasteiger partial charge in [-0.1, -0.05) is 29.8 Å². The second kappa shape index (κ2) is 5.59. The van der Waals surface area contributed by atoms with Gasteiger partial charge in [-0.2, -0.15) is 0 Å². The molecule has 4 heteroatoms. The van der Waals surface area contributed by atoms with Crippen LogP contribution in [-0.2, 0) is 0 Å². The predicted molar refractivity (Wildman–Crippen MR) is 76.5 cm³/mol. The van der Waals surface area contributed by atoms with Gasteiger partial charge in [0.05, 0.1) is 22.5 Å². The van der Waals surface area contributed by atoms with E-state index in [-0.39, 0.29) is 5.82 Å². The van der Waals surface area contributed by atoms with Crippen LogP contribution in [0.15, 0.2) is 42.5 Å². The molecule has 0 spiro atoms. The lowest BCUT2D eigenvalue weighted by molar-refractivity contribution is 0.199. The number of rotatable bonds is 3. The first-order valence-corrected chi connectivity index (χ1v) is 6.34. The van der Waals surface area contributed by atoms with Gasteiger partial charge < -0.3 is 10.0 Å². The van der Waals surface area contributed by atoms with Crippen LogP contribution in [0.25, 0.3) is 0 Å². The summed E-state index contributed by atoms with van der Waals surface area (Å²) in [5.41, 5.74) is 1.88. The molecular weight excluding hydrogens is 265 g/mol. The van der Waals surface area contributed by atoms with Crippen molar-refractivity contribution in [3.8, 4) is 0 Å². The summed E-state index contributed by atoms with van der Waals surface area (Å²) in [4.78, 5) is 1.68. The Morgan fingerprint density at radius 1 is 1.16 bits per heavy atom. The van der Waals surface area contributed by atoms with E-state index in [2.05, 4.69) is 0 Å². The number of hydrogen-bond acceptors (Lipinski definition) is 2. The van der Waals surface area contributed by atoms with Crippen molar-refractivity contribution in [2.75, 3.05) is 11.9 Å². The van der Waals surface area contributed by atoms with Gasteiger partial charge in [-0.15, -0.1) is 0 Å². The average Bonchev–Trinajstić information content (AvgIpc) is 2.38. The molecule has 1 atom stereocenters. The molecule has 0 unspecified atom stereocenters. The lowest BCUT2D eigenvalue weighted by Gasteiger charge is -2.22. The Labute approximate surface area is 117 Å². The Morgan fingerprint density at radius 3 is 2.42 bits per heavy atom. The third-order valence-electron chi connectivity index (χ3n) is 3.03. The first kappa shape index (κ1) is 13.8. The largest absolute Gasteiger partial charge is 0.389 e. The number of nitrogens with zero attached hydrogens (tertiary/aromatic N) is 1. The Balaban J connectivity index is 2.40. The van der Waals surface area contributed by atoms with Gasteiger partial charge in [-0.3, -0.25) is 0 Å². The molecule has 1 N–H and O–H groups in total. The molecule has 2 aromatic rings. The normalized spacial score (nSPS) is 12.3. The van der Waals surface area contributed by atoms with E-state index in [0.29, 0.717) is 16.4 Å². The van der Waals surface area contributed by atoms with Crippen LogP contribution in [0.2, 0.25) is 5.02 Å². The Bertz CT molecular complexity index is 586. The molecule has 0 aromatic heterocycles. The minimum atomic E-state index is -0.578. The summed E-state index contributed by atoms with van der Waals surface area (Å²) >= 11 is 6.20. The number of para-hydroxylation sites is 1. The van der Waals surface area contributed by atoms with Crippen LogP contribution < -0.4 is 4.90 Å². The highest BCUT2D eigenvalue weighted by Crippen LogP contribution is 2.33. The molecule has 0 fully saturated rings. The molecule has 0 amide bonds. The van der Waals surface area contributed by atoms with Gasteiger partial charge in [0.1, 0.15) is 5.82 Å². The molecule has 0 bridgehead atoms. The molecule has 0 radical (unpaired) electrons. The molecule has 0 saturated heterocycles. The molecular formula is C15H15ClFNO. The van der Waals surface area contributed by atoms with Crippen molar-refractivity contribution < 1.29 is 9.50 Å². The number of aliphatic hydroxyl groups excluding tert-OH is 1. The predicted octanol–water partition coefficient (Wildman–Crippen LogP) is 4.30. The van der Waals surface area contributed by atoms with Crippen molar-refractivity contribution in [2.24, 2.45) is 0 Å². The van der Waals surface area contributed by atoms with Gasteiger partial charge in [0, 0.05) is 7.05 Å². The molecule has 0 saturated carbocycles. The van der Waals surface area contributed by atoms with E-state index in [0.717, 1.165) is 5.56 Å². The second-order valence-electron chi connectivity index (χ2n) is 4.40. The van der Waals surface area contributed by atoms with Crippen molar-refractivity contribution >= 4 is 23.0 Å². The van der Waals surface area contributed by atoms with Crippen molar-refractivity contribution in [2.45, 2.75) is 13.0 Å². The van der Waals surface area contributed by atoms with E-state index in [1.165, 1.54) is 6.07 Å². The van der Waals surface area contributed by atoms with E-state index in [1.54, 1.807) is 55.3 Å². The number of anilines is 2. The number of halogens is 2. The van der Waals surface area contributed by atoms with Gasteiger partial charge in [0.2, 0.25) is 0 Å². The number of aliphatic hydroxyl groups is 1. The van der Waals surface area contributed by atoms with Crippen molar-refractivity contribution in [3.63, 3.8) is 0 Å². The van der Waals surface area contributed by atoms with Crippen molar-refractivity contribution in [3.05, 3.63) is 58.9 Å². The number of hydrogen-bond donors (Lipinski definition) is 1. The zero-order valence-electron chi connectivity index (χ0n) is 10.8. The van der Waals surface area contributed by atoms with Crippen LogP contribution in [0.3, 0.4) is 0 Å². The summed E-state index contributed by atoms with van der Waals surface area (Å²) in [6.45, 7) is 1.67. The van der Waals surface area contributed by atoms with E-state index in [1.807, 2.05) is 0 Å². The Hall–Kier alpha value is -1.58. The molecule has 2 rings (SSSR count). The molecule has 0 aliphatic carbocycles. The zero-order chi connectivity index (χ0) is 14.0. The summed E-state index contributed by atoms with van der Waals surface area (Å²) in [6.07, 6.45) is -0.578. The molecule has 100 valence electrons. The van der Waals surface area contributed by atoms with Gasteiger partial charge in [-0.05, 0) is 36.8 Å². The first-order chi connectivity index (χ1) is 9.00. The van der Waals surface area contributed by atoms with Crippen molar-refractivity contribution in [1.82, 2.24) is 0 Å². The van der Waals surface area contributed by atoms with Gasteiger partial charge in [0.15, 0.2) is 0 Å². The van der Waals surface area contributed by atoms with Crippen LogP contribution in [0.5, 0.6) is 0 Å². The third kappa shape index (κ3) is 2.88. The molecule has 0 aliphatic rings. The molecule has 0 heterocycles. The summed E-state index contributed by atoms with van der Waals surface area (Å²) in [6, 6.07) is 11.8. The average molecular weight is 280 g/mol. The van der Waals surface area contributed by atoms with Crippen LogP contribution >= 0.6 is 11.6 Å². The monoisotopic (exact) mass is 279 g/mol. The maximum atomic E-state index is 13.7. The van der Waals surface area contributed by atoms with Crippen molar-refractivity contribution in [1.29, 1.82) is 0 Å². The minimum absolute atomic E-state index is 0.305. The minimum Gasteiger partial charge on any atom is -0.389 e. The zero-order valence-corrected chi connectivity index (χ0v) is 11.5. The highest BCUT2D eigenvalue weighted by molar-refractivity contribution is 6.33. The molecule has 2 aromatic carbocycles. The maximum Gasteiger partial charge on any atom is 0.146 e. The highest BCUT2D eigenvalue weighted by Gasteiger charge is 2.13. The first-order valence-electron chi connectivity index (χ1n) is 5.96. The maximum absolute atomic E-state index is 13.7. The van der Waals surface area contributed by atoms with Crippen LogP contribution in [0, 0.1) is 5.82 Å². The van der Waals surface area contributed by atoms with Gasteiger partial charge in [0.25, 0.3) is 0 Å². The second-order valence-corrected chi connectivity index (χ2v) is 4.80. The highest BCUT2D eigenvalue weighted by atomic mass is 35.5. The quantitative estimate of drug-likeness (QED) is 0.905. The standard InChI is InChI=1S/C15H15ClFNO/c1-10(19)11-7-8-14(12(16)9-11)18(2)15-6-4-3-5-13(15)17/h3-10,19H,1-2H3/t10-/m0/s1. The lowest BCUT2D eigenvalue weighted by atomic mass is 10.1. The fourth-order valence-electron chi connectivity index (χ4n) is 1.91. The topological polar surface area (TPSA) is 23.5 Å². The van der Waals surface area contributed by atoms with E-state index in [9.17, 15) is 9.50 Å².